The van der Waals surface area contributed by atoms with Crippen molar-refractivity contribution in [3.8, 4) is 0 Å². The zero-order valence-electron chi connectivity index (χ0n) is 26.0. The lowest BCUT2D eigenvalue weighted by molar-refractivity contribution is -0.140. The van der Waals surface area contributed by atoms with Crippen LogP contribution in [0.3, 0.4) is 0 Å². The van der Waals surface area contributed by atoms with Crippen LogP contribution in [0.5, 0.6) is 0 Å². The second-order valence-electron chi connectivity index (χ2n) is 12.0. The Labute approximate surface area is 280 Å². The molecule has 2 amide bonds. The van der Waals surface area contributed by atoms with Gasteiger partial charge < -0.3 is 10.2 Å². The van der Waals surface area contributed by atoms with E-state index in [-0.39, 0.29) is 28.6 Å². The monoisotopic (exact) mass is 683 g/mol. The summed E-state index contributed by atoms with van der Waals surface area (Å²) in [7, 11) is -4.36. The van der Waals surface area contributed by atoms with Crippen LogP contribution in [0.25, 0.3) is 0 Å². The van der Waals surface area contributed by atoms with Gasteiger partial charge in [-0.25, -0.2) is 12.8 Å². The maximum atomic E-state index is 14.5. The second-order valence-corrected chi connectivity index (χ2v) is 14.7. The molecule has 4 aromatic carbocycles. The molecule has 0 heterocycles. The van der Waals surface area contributed by atoms with Crippen molar-refractivity contribution >= 4 is 50.7 Å². The molecule has 11 heteroatoms. The Morgan fingerprint density at radius 2 is 1.52 bits per heavy atom. The number of halogens is 3. The van der Waals surface area contributed by atoms with E-state index in [4.69, 9.17) is 23.2 Å². The summed E-state index contributed by atoms with van der Waals surface area (Å²) in [5.41, 5.74) is 1.80. The first-order valence-electron chi connectivity index (χ1n) is 14.6. The van der Waals surface area contributed by atoms with Crippen molar-refractivity contribution in [2.75, 3.05) is 10.8 Å². The Morgan fingerprint density at radius 3 is 2.11 bits per heavy atom. The van der Waals surface area contributed by atoms with Crippen LogP contribution in [-0.4, -0.2) is 43.3 Å². The molecule has 0 saturated carbocycles. The van der Waals surface area contributed by atoms with Crippen LogP contribution in [0.2, 0.25) is 10.0 Å². The van der Waals surface area contributed by atoms with Gasteiger partial charge >= 0.3 is 0 Å². The molecule has 1 N–H and O–H groups in total. The van der Waals surface area contributed by atoms with Gasteiger partial charge in [-0.05, 0) is 87.4 Å². The number of hydrogen-bond donors (Lipinski definition) is 1. The molecule has 4 aromatic rings. The number of nitrogens with zero attached hydrogens (tertiary/aromatic N) is 2. The van der Waals surface area contributed by atoms with Gasteiger partial charge in [-0.15, -0.1) is 0 Å². The summed E-state index contributed by atoms with van der Waals surface area (Å²) in [5, 5.41) is 3.67. The van der Waals surface area contributed by atoms with E-state index in [9.17, 15) is 22.4 Å². The quantitative estimate of drug-likeness (QED) is 0.181. The lowest BCUT2D eigenvalue weighted by Crippen LogP contribution is -2.56. The van der Waals surface area contributed by atoms with Gasteiger partial charge in [0.1, 0.15) is 18.4 Å². The smallest absolute Gasteiger partial charge is 0.264 e. The van der Waals surface area contributed by atoms with E-state index < -0.39 is 45.8 Å². The molecule has 1 atom stereocenters. The molecule has 0 aromatic heterocycles. The Hall–Kier alpha value is -3.92. The van der Waals surface area contributed by atoms with Crippen LogP contribution >= 0.6 is 23.2 Å². The Morgan fingerprint density at radius 1 is 0.891 bits per heavy atom. The van der Waals surface area contributed by atoms with Crippen molar-refractivity contribution in [2.45, 2.75) is 57.1 Å². The minimum absolute atomic E-state index is 0.109. The number of amides is 2. The summed E-state index contributed by atoms with van der Waals surface area (Å²) in [6, 6.07) is 24.1. The first-order valence-corrected chi connectivity index (χ1v) is 16.8. The minimum atomic E-state index is -4.36. The van der Waals surface area contributed by atoms with E-state index in [0.717, 1.165) is 39.7 Å². The van der Waals surface area contributed by atoms with Crippen molar-refractivity contribution < 1.29 is 22.4 Å². The van der Waals surface area contributed by atoms with Crippen molar-refractivity contribution in [3.05, 3.63) is 130 Å². The molecule has 0 aliphatic carbocycles. The van der Waals surface area contributed by atoms with Gasteiger partial charge in [0.25, 0.3) is 10.0 Å². The maximum Gasteiger partial charge on any atom is 0.264 e. The van der Waals surface area contributed by atoms with E-state index in [2.05, 4.69) is 5.32 Å². The summed E-state index contributed by atoms with van der Waals surface area (Å²) in [6.45, 7) is 6.60. The van der Waals surface area contributed by atoms with Crippen molar-refractivity contribution in [1.29, 1.82) is 0 Å². The molecule has 1 unspecified atom stereocenters. The van der Waals surface area contributed by atoms with E-state index in [0.29, 0.717) is 10.6 Å². The van der Waals surface area contributed by atoms with Crippen LogP contribution in [-0.2, 0) is 32.6 Å². The average Bonchev–Trinajstić information content (AvgIpc) is 2.99. The lowest BCUT2D eigenvalue weighted by atomic mass is 10.0. The predicted octanol–water partition coefficient (Wildman–Crippen LogP) is 7.19. The van der Waals surface area contributed by atoms with E-state index in [1.54, 1.807) is 42.5 Å². The molecule has 7 nitrogen and oxygen atoms in total. The largest absolute Gasteiger partial charge is 0.350 e. The molecule has 0 radical (unpaired) electrons. The number of carbonyl (C=O) groups is 2. The fourth-order valence-corrected chi connectivity index (χ4v) is 6.70. The summed E-state index contributed by atoms with van der Waals surface area (Å²) >= 11 is 12.7. The molecule has 0 aliphatic rings. The fraction of sp³-hybridized carbons (Fsp3) is 0.257. The van der Waals surface area contributed by atoms with Crippen LogP contribution in [0.15, 0.2) is 102 Å². The van der Waals surface area contributed by atoms with Gasteiger partial charge in [-0.1, -0.05) is 77.3 Å². The number of rotatable bonds is 11. The lowest BCUT2D eigenvalue weighted by Gasteiger charge is -2.35. The van der Waals surface area contributed by atoms with Crippen LogP contribution in [0.4, 0.5) is 10.1 Å². The molecular weight excluding hydrogens is 648 g/mol. The Balaban J connectivity index is 1.83. The summed E-state index contributed by atoms with van der Waals surface area (Å²) in [4.78, 5) is 29.6. The van der Waals surface area contributed by atoms with Gasteiger partial charge in [0.05, 0.1) is 10.6 Å². The molecule has 0 bridgehead atoms. The number of anilines is 1. The highest BCUT2D eigenvalue weighted by atomic mass is 35.5. The standard InChI is InChI=1S/C35H36Cl2FN3O4S/c1-24-10-16-29(17-11-24)41(46(44,45)30-18-14-28(38)15-19-30)23-33(42)40(22-26-12-13-27(36)21-31(26)37)32(34(43)39-35(2,3)4)20-25-8-6-5-7-9-25/h5-19,21,32H,20,22-23H2,1-4H3,(H,39,43). The van der Waals surface area contributed by atoms with Gasteiger partial charge in [0, 0.05) is 28.5 Å². The van der Waals surface area contributed by atoms with Crippen LogP contribution < -0.4 is 9.62 Å². The summed E-state index contributed by atoms with van der Waals surface area (Å²) < 4.78 is 42.8. The topological polar surface area (TPSA) is 86.8 Å². The molecule has 0 saturated heterocycles. The van der Waals surface area contributed by atoms with Crippen molar-refractivity contribution in [3.63, 3.8) is 0 Å². The molecule has 0 fully saturated rings. The third-order valence-electron chi connectivity index (χ3n) is 7.13. The Bertz CT molecular complexity index is 1780. The van der Waals surface area contributed by atoms with Crippen molar-refractivity contribution in [1.82, 2.24) is 10.2 Å². The van der Waals surface area contributed by atoms with Gasteiger partial charge in [0.15, 0.2) is 0 Å². The first kappa shape index (κ1) is 34.9. The van der Waals surface area contributed by atoms with Gasteiger partial charge in [0.2, 0.25) is 11.8 Å². The molecular formula is C35H36Cl2FN3O4S. The van der Waals surface area contributed by atoms with E-state index in [1.807, 2.05) is 58.0 Å². The highest BCUT2D eigenvalue weighted by Gasteiger charge is 2.36. The normalized spacial score (nSPS) is 12.3. The van der Waals surface area contributed by atoms with Crippen LogP contribution in [0.1, 0.15) is 37.5 Å². The number of hydrogen-bond acceptors (Lipinski definition) is 4. The van der Waals surface area contributed by atoms with Crippen LogP contribution in [0, 0.1) is 12.7 Å². The number of nitrogens with one attached hydrogen (secondary N) is 1. The molecule has 4 rings (SSSR count). The summed E-state index contributed by atoms with van der Waals surface area (Å²) in [5.74, 6) is -1.67. The SMILES string of the molecule is Cc1ccc(N(CC(=O)N(Cc2ccc(Cl)cc2Cl)C(Cc2ccccc2)C(=O)NC(C)(C)C)S(=O)(=O)c2ccc(F)cc2)cc1. The van der Waals surface area contributed by atoms with E-state index >= 15 is 0 Å². The maximum absolute atomic E-state index is 14.5. The van der Waals surface area contributed by atoms with Crippen molar-refractivity contribution in [2.24, 2.45) is 0 Å². The first-order chi connectivity index (χ1) is 21.6. The number of aryl methyl sites for hydroxylation is 1. The average molecular weight is 685 g/mol. The Kier molecular flexibility index (Phi) is 11.1. The summed E-state index contributed by atoms with van der Waals surface area (Å²) in [6.07, 6.45) is 0.148. The number of benzene rings is 4. The van der Waals surface area contributed by atoms with Gasteiger partial charge in [-0.3, -0.25) is 13.9 Å². The zero-order valence-corrected chi connectivity index (χ0v) is 28.3. The molecule has 242 valence electrons. The predicted molar refractivity (Wildman–Crippen MR) is 181 cm³/mol. The third kappa shape index (κ3) is 9.09. The number of sulfonamides is 1. The third-order valence-corrected chi connectivity index (χ3v) is 9.50. The highest BCUT2D eigenvalue weighted by Crippen LogP contribution is 2.28. The minimum Gasteiger partial charge on any atom is -0.350 e. The van der Waals surface area contributed by atoms with Gasteiger partial charge in [-0.2, -0.15) is 0 Å². The highest BCUT2D eigenvalue weighted by molar-refractivity contribution is 7.92. The molecule has 0 spiro atoms. The molecule has 0 aliphatic heterocycles. The zero-order chi connectivity index (χ0) is 33.6. The van der Waals surface area contributed by atoms with E-state index in [1.165, 1.54) is 4.90 Å². The fourth-order valence-electron chi connectivity index (χ4n) is 4.81. The second kappa shape index (κ2) is 14.7. The number of carbonyl (C=O) groups excluding carboxylic acids is 2. The molecule has 46 heavy (non-hydrogen) atoms.